The summed E-state index contributed by atoms with van der Waals surface area (Å²) in [7, 11) is 5.53. The molecule has 0 aromatic rings. The van der Waals surface area contributed by atoms with Crippen molar-refractivity contribution in [3.05, 3.63) is 0 Å². The Morgan fingerprint density at radius 1 is 1.00 bits per heavy atom. The van der Waals surface area contributed by atoms with Crippen LogP contribution >= 0.6 is 21.6 Å². The fourth-order valence-corrected chi connectivity index (χ4v) is 4.05. The van der Waals surface area contributed by atoms with E-state index in [4.69, 9.17) is 0 Å². The first-order chi connectivity index (χ1) is 6.69. The minimum Gasteiger partial charge on any atom is -0.468 e. The molecule has 0 amide bonds. The van der Waals surface area contributed by atoms with Crippen LogP contribution in [0.3, 0.4) is 0 Å². The summed E-state index contributed by atoms with van der Waals surface area (Å²) in [5.41, 5.74) is 0. The third kappa shape index (κ3) is 2.81. The summed E-state index contributed by atoms with van der Waals surface area (Å²) < 4.78 is 9.24. The van der Waals surface area contributed by atoms with Gasteiger partial charge in [-0.05, 0) is 12.8 Å². The quantitative estimate of drug-likeness (QED) is 0.531. The predicted molar refractivity (Wildman–Crippen MR) is 56.0 cm³/mol. The zero-order chi connectivity index (χ0) is 10.6. The number of carbonyl (C=O) groups is 2. The molecule has 1 saturated heterocycles. The molecular weight excluding hydrogens is 224 g/mol. The van der Waals surface area contributed by atoms with Crippen molar-refractivity contribution >= 4 is 33.5 Å². The van der Waals surface area contributed by atoms with E-state index in [0.717, 1.165) is 0 Å². The summed E-state index contributed by atoms with van der Waals surface area (Å²) in [5.74, 6) is -0.434. The standard InChI is InChI=1S/C8H12O4S2/c1-11-7(9)5-3-4-6(14-13-5)8(10)12-2/h5-6H,3-4H2,1-2H3/t5-,6-/m0/s1. The van der Waals surface area contributed by atoms with Gasteiger partial charge >= 0.3 is 11.9 Å². The number of hydrogen-bond acceptors (Lipinski definition) is 6. The molecule has 1 fully saturated rings. The highest BCUT2D eigenvalue weighted by molar-refractivity contribution is 8.77. The molecule has 0 aromatic heterocycles. The summed E-state index contributed by atoms with van der Waals surface area (Å²) in [6.07, 6.45) is 1.34. The van der Waals surface area contributed by atoms with Gasteiger partial charge in [0.15, 0.2) is 0 Å². The smallest absolute Gasteiger partial charge is 0.319 e. The zero-order valence-electron chi connectivity index (χ0n) is 8.02. The summed E-state index contributed by atoms with van der Waals surface area (Å²) in [6.45, 7) is 0. The normalized spacial score (nSPS) is 26.7. The van der Waals surface area contributed by atoms with E-state index in [2.05, 4.69) is 9.47 Å². The SMILES string of the molecule is COC(=O)[C@@H]1CC[C@@H](C(=O)OC)SS1. The molecule has 0 aromatic carbocycles. The van der Waals surface area contributed by atoms with Gasteiger partial charge in [0.05, 0.1) is 14.2 Å². The third-order valence-corrected chi connectivity index (χ3v) is 5.07. The molecule has 1 aliphatic heterocycles. The van der Waals surface area contributed by atoms with Crippen LogP contribution in [0.25, 0.3) is 0 Å². The van der Waals surface area contributed by atoms with Crippen molar-refractivity contribution in [1.29, 1.82) is 0 Å². The fourth-order valence-electron chi connectivity index (χ4n) is 1.11. The average Bonchev–Trinajstić information content (AvgIpc) is 2.27. The Hall–Kier alpha value is -0.360. The summed E-state index contributed by atoms with van der Waals surface area (Å²) in [6, 6.07) is 0. The molecule has 1 heterocycles. The highest BCUT2D eigenvalue weighted by Crippen LogP contribution is 2.41. The maximum absolute atomic E-state index is 11.1. The second-order valence-corrected chi connectivity index (χ2v) is 5.47. The Balaban J connectivity index is 2.38. The second-order valence-electron chi connectivity index (χ2n) is 2.79. The van der Waals surface area contributed by atoms with Gasteiger partial charge in [-0.1, -0.05) is 21.6 Å². The first-order valence-corrected chi connectivity index (χ1v) is 6.44. The lowest BCUT2D eigenvalue weighted by atomic mass is 10.2. The number of ether oxygens (including phenoxy) is 2. The van der Waals surface area contributed by atoms with E-state index in [0.29, 0.717) is 12.8 Å². The van der Waals surface area contributed by atoms with Crippen LogP contribution < -0.4 is 0 Å². The highest BCUT2D eigenvalue weighted by Gasteiger charge is 2.32. The van der Waals surface area contributed by atoms with Gasteiger partial charge in [0, 0.05) is 0 Å². The third-order valence-electron chi connectivity index (χ3n) is 1.91. The Bertz CT molecular complexity index is 199. The second kappa shape index (κ2) is 5.50. The first-order valence-electron chi connectivity index (χ1n) is 4.16. The van der Waals surface area contributed by atoms with Crippen LogP contribution in [0, 0.1) is 0 Å². The van der Waals surface area contributed by atoms with Gasteiger partial charge in [0.1, 0.15) is 10.5 Å². The van der Waals surface area contributed by atoms with Crippen LogP contribution in [0.15, 0.2) is 0 Å². The lowest BCUT2D eigenvalue weighted by Crippen LogP contribution is -2.27. The zero-order valence-corrected chi connectivity index (χ0v) is 9.65. The maximum Gasteiger partial charge on any atom is 0.319 e. The highest BCUT2D eigenvalue weighted by atomic mass is 33.1. The van der Waals surface area contributed by atoms with Crippen molar-refractivity contribution in [2.45, 2.75) is 23.3 Å². The Labute approximate surface area is 90.5 Å². The minimum absolute atomic E-state index is 0.147. The van der Waals surface area contributed by atoms with Gasteiger partial charge in [-0.3, -0.25) is 9.59 Å². The number of hydrogen-bond donors (Lipinski definition) is 0. The molecule has 0 spiro atoms. The van der Waals surface area contributed by atoms with Crippen molar-refractivity contribution in [3.8, 4) is 0 Å². The van der Waals surface area contributed by atoms with E-state index >= 15 is 0 Å². The van der Waals surface area contributed by atoms with E-state index in [-0.39, 0.29) is 22.4 Å². The van der Waals surface area contributed by atoms with Crippen LogP contribution in [0.5, 0.6) is 0 Å². The molecular formula is C8H12O4S2. The van der Waals surface area contributed by atoms with Gasteiger partial charge in [-0.15, -0.1) is 0 Å². The van der Waals surface area contributed by atoms with E-state index < -0.39 is 0 Å². The maximum atomic E-state index is 11.1. The van der Waals surface area contributed by atoms with Gasteiger partial charge in [0.25, 0.3) is 0 Å². The van der Waals surface area contributed by atoms with Gasteiger partial charge in [-0.25, -0.2) is 0 Å². The molecule has 80 valence electrons. The molecule has 1 aliphatic rings. The molecule has 4 nitrogen and oxygen atoms in total. The molecule has 0 saturated carbocycles. The van der Waals surface area contributed by atoms with Gasteiger partial charge in [-0.2, -0.15) is 0 Å². The van der Waals surface area contributed by atoms with E-state index in [1.165, 1.54) is 35.8 Å². The van der Waals surface area contributed by atoms with E-state index in [1.807, 2.05) is 0 Å². The Morgan fingerprint density at radius 2 is 1.36 bits per heavy atom. The summed E-state index contributed by atoms with van der Waals surface area (Å²) >= 11 is 0. The Kier molecular flexibility index (Phi) is 4.60. The molecule has 0 unspecified atom stereocenters. The molecule has 0 N–H and O–H groups in total. The molecule has 2 atom stereocenters. The van der Waals surface area contributed by atoms with Crippen molar-refractivity contribution in [2.75, 3.05) is 14.2 Å². The lowest BCUT2D eigenvalue weighted by Gasteiger charge is -2.23. The molecule has 14 heavy (non-hydrogen) atoms. The van der Waals surface area contributed by atoms with Crippen molar-refractivity contribution < 1.29 is 19.1 Å². The van der Waals surface area contributed by atoms with E-state index in [9.17, 15) is 9.59 Å². The van der Waals surface area contributed by atoms with Crippen LogP contribution in [0.4, 0.5) is 0 Å². The Morgan fingerprint density at radius 3 is 1.57 bits per heavy atom. The summed E-state index contributed by atoms with van der Waals surface area (Å²) in [5, 5.41) is -0.295. The molecule has 0 bridgehead atoms. The molecule has 1 rings (SSSR count). The van der Waals surface area contributed by atoms with Crippen LogP contribution in [-0.2, 0) is 19.1 Å². The molecule has 6 heteroatoms. The number of rotatable bonds is 2. The van der Waals surface area contributed by atoms with Crippen LogP contribution in [0.2, 0.25) is 0 Å². The lowest BCUT2D eigenvalue weighted by molar-refractivity contribution is -0.142. The van der Waals surface area contributed by atoms with Crippen LogP contribution in [0.1, 0.15) is 12.8 Å². The monoisotopic (exact) mass is 236 g/mol. The van der Waals surface area contributed by atoms with Crippen molar-refractivity contribution in [1.82, 2.24) is 0 Å². The summed E-state index contributed by atoms with van der Waals surface area (Å²) in [4.78, 5) is 22.3. The van der Waals surface area contributed by atoms with Crippen LogP contribution in [-0.4, -0.2) is 36.7 Å². The van der Waals surface area contributed by atoms with Gasteiger partial charge in [0.2, 0.25) is 0 Å². The van der Waals surface area contributed by atoms with Gasteiger partial charge < -0.3 is 9.47 Å². The van der Waals surface area contributed by atoms with Crippen molar-refractivity contribution in [3.63, 3.8) is 0 Å². The van der Waals surface area contributed by atoms with E-state index in [1.54, 1.807) is 0 Å². The topological polar surface area (TPSA) is 52.6 Å². The number of carbonyl (C=O) groups excluding carboxylic acids is 2. The number of esters is 2. The first kappa shape index (κ1) is 11.7. The fraction of sp³-hybridized carbons (Fsp3) is 0.750. The largest absolute Gasteiger partial charge is 0.468 e. The average molecular weight is 236 g/mol. The molecule has 0 radical (unpaired) electrons. The van der Waals surface area contributed by atoms with Crippen molar-refractivity contribution in [2.24, 2.45) is 0 Å². The minimum atomic E-state index is -0.217. The predicted octanol–water partition coefficient (Wildman–Crippen LogP) is 1.24. The number of methoxy groups -OCH3 is 2. The molecule has 0 aliphatic carbocycles.